The van der Waals surface area contributed by atoms with Gasteiger partial charge in [-0.2, -0.15) is 25.8 Å². The molecule has 4 atom stereocenters. The van der Waals surface area contributed by atoms with Crippen LogP contribution in [-0.4, -0.2) is 88.8 Å². The Balaban J connectivity index is 0.00000191. The van der Waals surface area contributed by atoms with Crippen LogP contribution in [0.1, 0.15) is 18.4 Å². The Morgan fingerprint density at radius 3 is 1.90 bits per heavy atom. The van der Waals surface area contributed by atoms with E-state index >= 15 is 0 Å². The number of carboxylic acid groups (broad SMARTS) is 3. The van der Waals surface area contributed by atoms with E-state index in [0.717, 1.165) is 0 Å². The predicted octanol–water partition coefficient (Wildman–Crippen LogP) is -3.65. The predicted molar refractivity (Wildman–Crippen MR) is 129 cm³/mol. The molecule has 0 radical (unpaired) electrons. The van der Waals surface area contributed by atoms with Crippen molar-refractivity contribution in [1.82, 2.24) is 10.6 Å². The number of carbonyl (C=O) groups is 5. The van der Waals surface area contributed by atoms with Gasteiger partial charge in [-0.3, -0.25) is 14.4 Å². The molecule has 0 aliphatic heterocycles. The molecular formula is C20H27F3N4O11S2. The summed E-state index contributed by atoms with van der Waals surface area (Å²) in [7, 11) is -3.78. The van der Waals surface area contributed by atoms with E-state index < -0.39 is 81.5 Å². The second-order valence-electron chi connectivity index (χ2n) is 8.07. The molecule has 0 fully saturated rings. The molecule has 0 aromatic heterocycles. The number of carboxylic acids is 3. The number of sulfonamides is 1. The van der Waals surface area contributed by atoms with Crippen LogP contribution in [0.4, 0.5) is 13.2 Å². The minimum Gasteiger partial charge on any atom is -0.542 e. The first-order valence-corrected chi connectivity index (χ1v) is 13.0. The maximum Gasteiger partial charge on any atom is 0.430 e. The van der Waals surface area contributed by atoms with Crippen LogP contribution in [0.15, 0.2) is 24.3 Å². The van der Waals surface area contributed by atoms with E-state index in [1.54, 1.807) is 0 Å². The molecule has 0 heterocycles. The van der Waals surface area contributed by atoms with Crippen molar-refractivity contribution in [2.45, 2.75) is 48.8 Å². The molecule has 0 aliphatic carbocycles. The lowest BCUT2D eigenvalue weighted by atomic mass is 10.0. The lowest BCUT2D eigenvalue weighted by Gasteiger charge is -2.23. The summed E-state index contributed by atoms with van der Waals surface area (Å²) >= 11 is 4.13. The Hall–Kier alpha value is -3.62. The maximum absolute atomic E-state index is 12.7. The van der Waals surface area contributed by atoms with E-state index in [2.05, 4.69) is 29.0 Å². The number of quaternary nitrogens is 1. The van der Waals surface area contributed by atoms with Gasteiger partial charge in [0.1, 0.15) is 35.1 Å². The number of alkyl halides is 3. The van der Waals surface area contributed by atoms with Gasteiger partial charge in [0.2, 0.25) is 21.8 Å². The number of hydrogen-bond acceptors (Lipinski definition) is 10. The molecule has 20 heteroatoms. The van der Waals surface area contributed by atoms with Gasteiger partial charge in [-0.05, 0) is 17.7 Å². The zero-order valence-electron chi connectivity index (χ0n) is 20.3. The topological polar surface area (TPSA) is 281 Å². The van der Waals surface area contributed by atoms with Gasteiger partial charge in [-0.25, -0.2) is 18.4 Å². The van der Waals surface area contributed by atoms with Gasteiger partial charge in [-0.1, -0.05) is 12.1 Å². The second-order valence-corrected chi connectivity index (χ2v) is 10.4. The molecule has 2 unspecified atom stereocenters. The van der Waals surface area contributed by atoms with Crippen molar-refractivity contribution in [3.8, 4) is 5.75 Å². The number of nitrogens with two attached hydrogens (primary N) is 1. The molecule has 0 spiro atoms. The Morgan fingerprint density at radius 2 is 1.50 bits per heavy atom. The monoisotopic (exact) mass is 620 g/mol. The number of aromatic hydroxyl groups is 1. The lowest BCUT2D eigenvalue weighted by molar-refractivity contribution is -0.416. The molecule has 1 aromatic rings. The Bertz CT molecular complexity index is 1170. The lowest BCUT2D eigenvalue weighted by Crippen LogP contribution is -2.68. The molecule has 15 nitrogen and oxygen atoms in total. The average Bonchev–Trinajstić information content (AvgIpc) is 2.81. The van der Waals surface area contributed by atoms with Crippen molar-refractivity contribution in [2.24, 2.45) is 5.14 Å². The van der Waals surface area contributed by atoms with Crippen LogP contribution in [0.3, 0.4) is 0 Å². The minimum atomic E-state index is -5.19. The minimum absolute atomic E-state index is 0.0404. The third kappa shape index (κ3) is 15.1. The highest BCUT2D eigenvalue weighted by molar-refractivity contribution is 7.89. The van der Waals surface area contributed by atoms with E-state index in [0.29, 0.717) is 5.56 Å². The largest absolute Gasteiger partial charge is 0.542 e. The van der Waals surface area contributed by atoms with Gasteiger partial charge >= 0.3 is 18.1 Å². The fourth-order valence-corrected chi connectivity index (χ4v) is 3.52. The molecule has 1 aromatic carbocycles. The Morgan fingerprint density at radius 1 is 1.02 bits per heavy atom. The van der Waals surface area contributed by atoms with E-state index in [4.69, 9.17) is 25.3 Å². The summed E-state index contributed by atoms with van der Waals surface area (Å²) in [5.74, 6) is -8.25. The van der Waals surface area contributed by atoms with Crippen LogP contribution in [0.5, 0.6) is 5.75 Å². The van der Waals surface area contributed by atoms with Crippen LogP contribution < -0.4 is 26.6 Å². The van der Waals surface area contributed by atoms with Crippen molar-refractivity contribution in [3.63, 3.8) is 0 Å². The Kier molecular flexibility index (Phi) is 14.4. The van der Waals surface area contributed by atoms with Crippen molar-refractivity contribution in [1.29, 1.82) is 0 Å². The van der Waals surface area contributed by atoms with E-state index in [-0.39, 0.29) is 18.6 Å². The highest BCUT2D eigenvalue weighted by Gasteiger charge is 2.32. The molecule has 2 amide bonds. The van der Waals surface area contributed by atoms with Crippen LogP contribution in [0.25, 0.3) is 0 Å². The fourth-order valence-electron chi connectivity index (χ4n) is 2.67. The first kappa shape index (κ1) is 36.4. The standard InChI is InChI=1S/C18H26N4O9S2.C2HF3O2/c19-11(5-6-33(20,30)31)15(32)17(27)21-12(7-9-1-3-10(23)4-2-9)16(26)22-13(18(28)29)8-14(24)25;3-2(4,5)1(6)7/h1-4,11-13,15,23,32H,5-8,19H2,(H,21,27)(H,22,26)(H,24,25)(H,28,29)(H2,20,30,31);(H,6,7)/t11?,12-,13-,15?;/m0./s1. The number of aliphatic carboxylic acids is 3. The highest BCUT2D eigenvalue weighted by Crippen LogP contribution is 2.13. The van der Waals surface area contributed by atoms with Crippen molar-refractivity contribution in [2.75, 3.05) is 5.75 Å². The normalized spacial score (nSPS) is 14.3. The quantitative estimate of drug-likeness (QED) is 0.0995. The number of halogens is 3. The van der Waals surface area contributed by atoms with E-state index in [1.807, 2.05) is 0 Å². The van der Waals surface area contributed by atoms with Gasteiger partial charge in [-0.15, -0.1) is 0 Å². The second kappa shape index (κ2) is 15.8. The van der Waals surface area contributed by atoms with Gasteiger partial charge in [0.15, 0.2) is 0 Å². The molecule has 0 saturated carbocycles. The molecular weight excluding hydrogens is 593 g/mol. The number of thiol groups is 1. The molecule has 10 N–H and O–H groups in total. The van der Waals surface area contributed by atoms with Gasteiger partial charge < -0.3 is 41.6 Å². The van der Waals surface area contributed by atoms with Crippen LogP contribution >= 0.6 is 12.6 Å². The summed E-state index contributed by atoms with van der Waals surface area (Å²) in [6.45, 7) is 0. The van der Waals surface area contributed by atoms with Crippen molar-refractivity contribution in [3.05, 3.63) is 29.8 Å². The van der Waals surface area contributed by atoms with Gasteiger partial charge in [0.05, 0.1) is 12.2 Å². The number of phenolic OH excluding ortho intramolecular Hbond substituents is 1. The fraction of sp³-hybridized carbons (Fsp3) is 0.450. The zero-order chi connectivity index (χ0) is 31.4. The maximum atomic E-state index is 12.7. The van der Waals surface area contributed by atoms with E-state index in [1.165, 1.54) is 24.3 Å². The first-order valence-electron chi connectivity index (χ1n) is 10.8. The van der Waals surface area contributed by atoms with Crippen molar-refractivity contribution < 1.29 is 71.7 Å². The number of hydrogen-bond donors (Lipinski definition) is 8. The molecule has 1 rings (SSSR count). The summed E-state index contributed by atoms with van der Waals surface area (Å²) in [5, 5.41) is 44.5. The molecule has 226 valence electrons. The van der Waals surface area contributed by atoms with Gasteiger partial charge in [0.25, 0.3) is 0 Å². The van der Waals surface area contributed by atoms with E-state index in [9.17, 15) is 45.9 Å². The number of rotatable bonds is 13. The number of primary sulfonamides is 1. The highest BCUT2D eigenvalue weighted by atomic mass is 32.2. The summed E-state index contributed by atoms with van der Waals surface area (Å²) in [6.07, 6.45) is -6.28. The van der Waals surface area contributed by atoms with Crippen LogP contribution in [0, 0.1) is 0 Å². The Labute approximate surface area is 230 Å². The average molecular weight is 621 g/mol. The van der Waals surface area contributed by atoms with Gasteiger partial charge in [0, 0.05) is 12.8 Å². The summed E-state index contributed by atoms with van der Waals surface area (Å²) in [6, 6.07) is 1.77. The SMILES string of the molecule is NS(=O)(=O)CCC([NH3+])C(S)C(=O)N[C@@H](Cc1ccc(O)cc1)C(=O)N[C@@H](CC(=O)O)C(=O)O.O=C([O-])C(F)(F)F. The summed E-state index contributed by atoms with van der Waals surface area (Å²) in [5.41, 5.74) is 4.18. The number of phenols is 1. The number of amides is 2. The summed E-state index contributed by atoms with van der Waals surface area (Å²) in [4.78, 5) is 56.3. The zero-order valence-corrected chi connectivity index (χ0v) is 22.0. The molecule has 0 aliphatic rings. The van der Waals surface area contributed by atoms with Crippen molar-refractivity contribution >= 4 is 52.4 Å². The van der Waals surface area contributed by atoms with Crippen LogP contribution in [-0.2, 0) is 40.4 Å². The molecule has 40 heavy (non-hydrogen) atoms. The number of benzene rings is 1. The first-order chi connectivity index (χ1) is 18.1. The number of carbonyl (C=O) groups excluding carboxylic acids is 3. The smallest absolute Gasteiger partial charge is 0.430 e. The summed E-state index contributed by atoms with van der Waals surface area (Å²) < 4.78 is 53.8. The number of nitrogens with one attached hydrogen (secondary N) is 2. The third-order valence-corrected chi connectivity index (χ3v) is 6.18. The molecule has 0 saturated heterocycles. The third-order valence-electron chi connectivity index (χ3n) is 4.72. The van der Waals surface area contributed by atoms with Crippen LogP contribution in [0.2, 0.25) is 0 Å². The molecule has 0 bridgehead atoms.